The van der Waals surface area contributed by atoms with Crippen molar-refractivity contribution in [2.45, 2.75) is 44.2 Å². The van der Waals surface area contributed by atoms with E-state index in [0.717, 1.165) is 31.4 Å². The SMILES string of the molecule is Cn1cc(-c2cncc(C(=O)N[C@H]3CCC[C@@H]3OCc3ccc(C(F)(F)F)cc3)c2)c(N)n1. The van der Waals surface area contributed by atoms with Gasteiger partial charge in [-0.1, -0.05) is 12.1 Å². The Hall–Kier alpha value is -3.40. The summed E-state index contributed by atoms with van der Waals surface area (Å²) in [7, 11) is 1.76. The Bertz CT molecular complexity index is 1130. The number of carbonyl (C=O) groups is 1. The summed E-state index contributed by atoms with van der Waals surface area (Å²) in [5.41, 5.74) is 7.65. The quantitative estimate of drug-likeness (QED) is 0.582. The molecule has 2 atom stereocenters. The van der Waals surface area contributed by atoms with Gasteiger partial charge in [0.15, 0.2) is 5.82 Å². The monoisotopic (exact) mass is 459 g/mol. The van der Waals surface area contributed by atoms with E-state index >= 15 is 0 Å². The molecule has 33 heavy (non-hydrogen) atoms. The highest BCUT2D eigenvalue weighted by atomic mass is 19.4. The number of pyridine rings is 1. The van der Waals surface area contributed by atoms with Crippen LogP contribution in [0, 0.1) is 0 Å². The van der Waals surface area contributed by atoms with Crippen molar-refractivity contribution in [1.29, 1.82) is 0 Å². The number of halogens is 3. The lowest BCUT2D eigenvalue weighted by Gasteiger charge is -2.22. The Kier molecular flexibility index (Phi) is 6.37. The molecule has 2 aromatic heterocycles. The van der Waals surface area contributed by atoms with E-state index in [4.69, 9.17) is 10.5 Å². The molecule has 3 N–H and O–H groups in total. The van der Waals surface area contributed by atoms with Gasteiger partial charge in [-0.2, -0.15) is 18.3 Å². The van der Waals surface area contributed by atoms with Crippen LogP contribution in [0.5, 0.6) is 0 Å². The standard InChI is InChI=1S/C23H24F3N5O2/c1-31-12-18(21(27)30-31)15-9-16(11-28-10-15)22(32)29-19-3-2-4-20(19)33-13-14-5-7-17(8-6-14)23(24,25)26/h5-12,19-20H,2-4,13H2,1H3,(H2,27,30)(H,29,32)/t19-,20-/m0/s1. The van der Waals surface area contributed by atoms with Crippen LogP contribution >= 0.6 is 0 Å². The molecule has 1 fully saturated rings. The molecular weight excluding hydrogens is 435 g/mol. The van der Waals surface area contributed by atoms with Crippen molar-refractivity contribution in [2.75, 3.05) is 5.73 Å². The van der Waals surface area contributed by atoms with Crippen LogP contribution in [0.3, 0.4) is 0 Å². The van der Waals surface area contributed by atoms with Crippen molar-refractivity contribution in [3.05, 3.63) is 65.6 Å². The average Bonchev–Trinajstić information content (AvgIpc) is 3.37. The Morgan fingerprint density at radius 1 is 1.24 bits per heavy atom. The van der Waals surface area contributed by atoms with E-state index in [1.54, 1.807) is 30.2 Å². The number of aryl methyl sites for hydroxylation is 1. The van der Waals surface area contributed by atoms with Gasteiger partial charge in [-0.25, -0.2) is 0 Å². The summed E-state index contributed by atoms with van der Waals surface area (Å²) >= 11 is 0. The summed E-state index contributed by atoms with van der Waals surface area (Å²) in [6, 6.07) is 6.42. The van der Waals surface area contributed by atoms with Gasteiger partial charge in [-0.15, -0.1) is 0 Å². The van der Waals surface area contributed by atoms with Crippen LogP contribution in [0.1, 0.15) is 40.7 Å². The molecule has 2 heterocycles. The van der Waals surface area contributed by atoms with Gasteiger partial charge >= 0.3 is 6.18 Å². The molecule has 1 aliphatic rings. The minimum absolute atomic E-state index is 0.173. The Balaban J connectivity index is 1.38. The van der Waals surface area contributed by atoms with Crippen molar-refractivity contribution in [2.24, 2.45) is 7.05 Å². The highest BCUT2D eigenvalue weighted by Gasteiger charge is 2.31. The van der Waals surface area contributed by atoms with Crippen LogP contribution in [0.2, 0.25) is 0 Å². The van der Waals surface area contributed by atoms with Crippen molar-refractivity contribution in [1.82, 2.24) is 20.1 Å². The van der Waals surface area contributed by atoms with Gasteiger partial charge in [0.25, 0.3) is 5.91 Å². The van der Waals surface area contributed by atoms with Crippen LogP contribution in [-0.4, -0.2) is 32.8 Å². The molecule has 0 spiro atoms. The fourth-order valence-corrected chi connectivity index (χ4v) is 3.98. The first kappa shape index (κ1) is 22.8. The number of anilines is 1. The normalized spacial score (nSPS) is 18.4. The molecule has 174 valence electrons. The summed E-state index contributed by atoms with van der Waals surface area (Å²) in [6.45, 7) is 0.173. The molecule has 1 aromatic carbocycles. The molecule has 0 saturated heterocycles. The van der Waals surface area contributed by atoms with Gasteiger partial charge in [0.2, 0.25) is 0 Å². The van der Waals surface area contributed by atoms with Crippen LogP contribution < -0.4 is 11.1 Å². The van der Waals surface area contributed by atoms with Crippen molar-refractivity contribution < 1.29 is 22.7 Å². The maximum Gasteiger partial charge on any atom is 0.416 e. The fourth-order valence-electron chi connectivity index (χ4n) is 3.98. The van der Waals surface area contributed by atoms with E-state index in [1.807, 2.05) is 0 Å². The largest absolute Gasteiger partial charge is 0.416 e. The van der Waals surface area contributed by atoms with Crippen LogP contribution in [-0.2, 0) is 24.6 Å². The number of nitrogens with zero attached hydrogens (tertiary/aromatic N) is 3. The number of carbonyl (C=O) groups excluding carboxylic acids is 1. The number of nitrogens with one attached hydrogen (secondary N) is 1. The van der Waals surface area contributed by atoms with Crippen LogP contribution in [0.15, 0.2) is 48.9 Å². The number of hydrogen-bond acceptors (Lipinski definition) is 5. The maximum atomic E-state index is 12.9. The fraction of sp³-hybridized carbons (Fsp3) is 0.348. The minimum atomic E-state index is -4.37. The smallest absolute Gasteiger partial charge is 0.382 e. The average molecular weight is 459 g/mol. The molecular formula is C23H24F3N5O2. The first-order chi connectivity index (χ1) is 15.7. The lowest BCUT2D eigenvalue weighted by atomic mass is 10.1. The molecule has 4 rings (SSSR count). The van der Waals surface area contributed by atoms with Crippen molar-refractivity contribution in [3.63, 3.8) is 0 Å². The third-order valence-electron chi connectivity index (χ3n) is 5.68. The number of hydrogen-bond donors (Lipinski definition) is 2. The molecule has 1 amide bonds. The summed E-state index contributed by atoms with van der Waals surface area (Å²) in [5.74, 6) is 0.0752. The second-order valence-corrected chi connectivity index (χ2v) is 8.12. The van der Waals surface area contributed by atoms with Crippen LogP contribution in [0.25, 0.3) is 11.1 Å². The Labute approximate surface area is 188 Å². The Morgan fingerprint density at radius 3 is 2.67 bits per heavy atom. The Morgan fingerprint density at radius 2 is 2.00 bits per heavy atom. The summed E-state index contributed by atoms with van der Waals surface area (Å²) in [5, 5.41) is 7.12. The maximum absolute atomic E-state index is 12.9. The minimum Gasteiger partial charge on any atom is -0.382 e. The number of rotatable bonds is 6. The predicted octanol–water partition coefficient (Wildman–Crippen LogP) is 3.95. The van der Waals surface area contributed by atoms with E-state index in [2.05, 4.69) is 15.4 Å². The first-order valence-electron chi connectivity index (χ1n) is 10.5. The van der Waals surface area contributed by atoms with Gasteiger partial charge in [0.05, 0.1) is 29.9 Å². The number of aromatic nitrogens is 3. The molecule has 1 aliphatic carbocycles. The highest BCUT2D eigenvalue weighted by Crippen LogP contribution is 2.30. The number of ether oxygens (including phenoxy) is 1. The third-order valence-corrected chi connectivity index (χ3v) is 5.68. The van der Waals surface area contributed by atoms with Gasteiger partial charge in [-0.05, 0) is 43.0 Å². The van der Waals surface area contributed by atoms with Gasteiger partial charge < -0.3 is 15.8 Å². The topological polar surface area (TPSA) is 95.1 Å². The molecule has 3 aromatic rings. The second kappa shape index (κ2) is 9.22. The first-order valence-corrected chi connectivity index (χ1v) is 10.5. The predicted molar refractivity (Wildman–Crippen MR) is 116 cm³/mol. The summed E-state index contributed by atoms with van der Waals surface area (Å²) in [6.07, 6.45) is 2.68. The molecule has 0 unspecified atom stereocenters. The molecule has 10 heteroatoms. The van der Waals surface area contributed by atoms with E-state index in [-0.39, 0.29) is 24.7 Å². The molecule has 0 aliphatic heterocycles. The molecule has 0 bridgehead atoms. The summed E-state index contributed by atoms with van der Waals surface area (Å²) < 4.78 is 45.7. The lowest BCUT2D eigenvalue weighted by Crippen LogP contribution is -2.41. The number of nitrogens with two attached hydrogens (primary N) is 1. The van der Waals surface area contributed by atoms with Gasteiger partial charge in [0, 0.05) is 36.8 Å². The number of benzene rings is 1. The van der Waals surface area contributed by atoms with Gasteiger partial charge in [0.1, 0.15) is 0 Å². The lowest BCUT2D eigenvalue weighted by molar-refractivity contribution is -0.137. The third kappa shape index (κ3) is 5.33. The second-order valence-electron chi connectivity index (χ2n) is 8.12. The number of nitrogen functional groups attached to an aromatic ring is 1. The van der Waals surface area contributed by atoms with E-state index in [0.29, 0.717) is 28.1 Å². The summed E-state index contributed by atoms with van der Waals surface area (Å²) in [4.78, 5) is 17.0. The zero-order chi connectivity index (χ0) is 23.6. The zero-order valence-corrected chi connectivity index (χ0v) is 18.0. The van der Waals surface area contributed by atoms with E-state index < -0.39 is 11.7 Å². The van der Waals surface area contributed by atoms with E-state index in [1.165, 1.54) is 18.3 Å². The number of alkyl halides is 3. The molecule has 0 radical (unpaired) electrons. The van der Waals surface area contributed by atoms with Crippen molar-refractivity contribution in [3.8, 4) is 11.1 Å². The highest BCUT2D eigenvalue weighted by molar-refractivity contribution is 5.95. The van der Waals surface area contributed by atoms with Gasteiger partial charge in [-0.3, -0.25) is 14.5 Å². The molecule has 1 saturated carbocycles. The molecule has 7 nitrogen and oxygen atoms in total. The van der Waals surface area contributed by atoms with Crippen molar-refractivity contribution >= 4 is 11.7 Å². The number of amides is 1. The zero-order valence-electron chi connectivity index (χ0n) is 18.0. The van der Waals surface area contributed by atoms with Crippen LogP contribution in [0.4, 0.5) is 19.0 Å². The van der Waals surface area contributed by atoms with E-state index in [9.17, 15) is 18.0 Å².